The zero-order valence-corrected chi connectivity index (χ0v) is 9.19. The molecule has 0 radical (unpaired) electrons. The highest BCUT2D eigenvalue weighted by molar-refractivity contribution is 5.81. The third-order valence-electron chi connectivity index (χ3n) is 3.13. The van der Waals surface area contributed by atoms with E-state index in [9.17, 15) is 9.59 Å². The number of piperidine rings is 1. The molecule has 1 rings (SSSR count). The van der Waals surface area contributed by atoms with Gasteiger partial charge in [0.15, 0.2) is 0 Å². The molecule has 2 N–H and O–H groups in total. The van der Waals surface area contributed by atoms with Crippen molar-refractivity contribution in [2.75, 3.05) is 13.1 Å². The number of carboxylic acid groups (broad SMARTS) is 1. The second kappa shape index (κ2) is 4.61. The highest BCUT2D eigenvalue weighted by Crippen LogP contribution is 2.23. The van der Waals surface area contributed by atoms with Gasteiger partial charge in [0.1, 0.15) is 5.54 Å². The van der Waals surface area contributed by atoms with Crippen LogP contribution >= 0.6 is 0 Å². The molecule has 15 heavy (non-hydrogen) atoms. The highest BCUT2D eigenvalue weighted by atomic mass is 16.4. The molecular formula is C10H18N2O3. The Morgan fingerprint density at radius 3 is 2.33 bits per heavy atom. The van der Waals surface area contributed by atoms with Crippen molar-refractivity contribution in [3.63, 3.8) is 0 Å². The van der Waals surface area contributed by atoms with Crippen molar-refractivity contribution in [2.45, 2.75) is 38.3 Å². The molecule has 0 aromatic rings. The van der Waals surface area contributed by atoms with E-state index in [0.29, 0.717) is 38.4 Å². The predicted octanol–water partition coefficient (Wildman–Crippen LogP) is 0.0600. The van der Waals surface area contributed by atoms with Crippen molar-refractivity contribution in [3.05, 3.63) is 0 Å². The Kier molecular flexibility index (Phi) is 3.68. The minimum atomic E-state index is -1.05. The molecule has 5 nitrogen and oxygen atoms in total. The van der Waals surface area contributed by atoms with Gasteiger partial charge in [-0.05, 0) is 26.7 Å². The van der Waals surface area contributed by atoms with Crippen LogP contribution in [0.25, 0.3) is 0 Å². The van der Waals surface area contributed by atoms with Gasteiger partial charge in [0.05, 0.1) is 0 Å². The molecule has 0 saturated carbocycles. The summed E-state index contributed by atoms with van der Waals surface area (Å²) < 4.78 is 0. The smallest absolute Gasteiger partial charge is 0.329 e. The summed E-state index contributed by atoms with van der Waals surface area (Å²) in [5.74, 6) is -0.932. The second-order valence-electron chi connectivity index (χ2n) is 4.28. The Labute approximate surface area is 89.4 Å². The van der Waals surface area contributed by atoms with Crippen LogP contribution in [0, 0.1) is 0 Å². The van der Waals surface area contributed by atoms with Crippen LogP contribution < -0.4 is 5.32 Å². The SMILES string of the molecule is CC(C)N1CCC(NC=O)(C(=O)O)CC1. The molecule has 0 unspecified atom stereocenters. The maximum atomic E-state index is 11.1. The van der Waals surface area contributed by atoms with Crippen LogP contribution in [0.1, 0.15) is 26.7 Å². The van der Waals surface area contributed by atoms with Gasteiger partial charge in [-0.1, -0.05) is 0 Å². The quantitative estimate of drug-likeness (QED) is 0.649. The van der Waals surface area contributed by atoms with E-state index in [2.05, 4.69) is 24.1 Å². The number of likely N-dealkylation sites (tertiary alicyclic amines) is 1. The summed E-state index contributed by atoms with van der Waals surface area (Å²) in [4.78, 5) is 23.7. The summed E-state index contributed by atoms with van der Waals surface area (Å²) in [6.45, 7) is 5.59. The van der Waals surface area contributed by atoms with E-state index in [1.807, 2.05) is 0 Å². The second-order valence-corrected chi connectivity index (χ2v) is 4.28. The number of carbonyl (C=O) groups is 2. The number of rotatable bonds is 4. The Morgan fingerprint density at radius 1 is 1.47 bits per heavy atom. The minimum Gasteiger partial charge on any atom is -0.480 e. The van der Waals surface area contributed by atoms with Crippen molar-refractivity contribution < 1.29 is 14.7 Å². The molecule has 1 fully saturated rings. The maximum absolute atomic E-state index is 11.1. The molecule has 5 heteroatoms. The summed E-state index contributed by atoms with van der Waals surface area (Å²) in [6, 6.07) is 0.424. The van der Waals surface area contributed by atoms with E-state index >= 15 is 0 Å². The van der Waals surface area contributed by atoms with Crippen molar-refractivity contribution >= 4 is 12.4 Å². The number of carbonyl (C=O) groups excluding carboxylic acids is 1. The molecule has 1 amide bonds. The third-order valence-corrected chi connectivity index (χ3v) is 3.13. The van der Waals surface area contributed by atoms with Crippen molar-refractivity contribution in [1.29, 1.82) is 0 Å². The van der Waals surface area contributed by atoms with E-state index in [4.69, 9.17) is 5.11 Å². The van der Waals surface area contributed by atoms with Crippen LogP contribution in [-0.4, -0.2) is 47.1 Å². The molecule has 0 atom stereocenters. The van der Waals surface area contributed by atoms with Crippen LogP contribution in [0.15, 0.2) is 0 Å². The van der Waals surface area contributed by atoms with Gasteiger partial charge in [-0.15, -0.1) is 0 Å². The van der Waals surface area contributed by atoms with Gasteiger partial charge < -0.3 is 15.3 Å². The first kappa shape index (κ1) is 12.0. The largest absolute Gasteiger partial charge is 0.480 e. The Hall–Kier alpha value is -1.10. The molecule has 86 valence electrons. The van der Waals surface area contributed by atoms with Gasteiger partial charge in [0.2, 0.25) is 6.41 Å². The maximum Gasteiger partial charge on any atom is 0.329 e. The number of carboxylic acids is 1. The number of hydrogen-bond donors (Lipinski definition) is 2. The first-order chi connectivity index (χ1) is 7.02. The lowest BCUT2D eigenvalue weighted by Gasteiger charge is -2.40. The first-order valence-corrected chi connectivity index (χ1v) is 5.20. The van der Waals surface area contributed by atoms with E-state index in [1.54, 1.807) is 0 Å². The third kappa shape index (κ3) is 2.47. The molecule has 1 heterocycles. The molecule has 0 aliphatic carbocycles. The monoisotopic (exact) mass is 214 g/mol. The van der Waals surface area contributed by atoms with Gasteiger partial charge in [-0.2, -0.15) is 0 Å². The van der Waals surface area contributed by atoms with E-state index in [1.165, 1.54) is 0 Å². The summed E-state index contributed by atoms with van der Waals surface area (Å²) in [5, 5.41) is 11.6. The summed E-state index contributed by atoms with van der Waals surface area (Å²) in [6.07, 6.45) is 1.43. The lowest BCUT2D eigenvalue weighted by atomic mass is 9.87. The van der Waals surface area contributed by atoms with Crippen LogP contribution in [-0.2, 0) is 9.59 Å². The number of hydrogen-bond acceptors (Lipinski definition) is 3. The van der Waals surface area contributed by atoms with E-state index < -0.39 is 11.5 Å². The standard InChI is InChI=1S/C10H18N2O3/c1-8(2)12-5-3-10(4-6-12,9(14)15)11-7-13/h7-8H,3-6H2,1-2H3,(H,11,13)(H,14,15). The van der Waals surface area contributed by atoms with E-state index in [0.717, 1.165) is 0 Å². The summed E-state index contributed by atoms with van der Waals surface area (Å²) >= 11 is 0. The Morgan fingerprint density at radius 2 is 2.00 bits per heavy atom. The highest BCUT2D eigenvalue weighted by Gasteiger charge is 2.41. The summed E-state index contributed by atoms with van der Waals surface area (Å²) in [7, 11) is 0. The van der Waals surface area contributed by atoms with Crippen LogP contribution in [0.2, 0.25) is 0 Å². The molecule has 1 aliphatic rings. The van der Waals surface area contributed by atoms with Crippen LogP contribution in [0.4, 0.5) is 0 Å². The molecular weight excluding hydrogens is 196 g/mol. The Bertz CT molecular complexity index is 245. The van der Waals surface area contributed by atoms with Crippen molar-refractivity contribution in [1.82, 2.24) is 10.2 Å². The van der Waals surface area contributed by atoms with Crippen LogP contribution in [0.5, 0.6) is 0 Å². The van der Waals surface area contributed by atoms with Gasteiger partial charge in [-0.3, -0.25) is 4.79 Å². The van der Waals surface area contributed by atoms with Crippen LogP contribution in [0.3, 0.4) is 0 Å². The lowest BCUT2D eigenvalue weighted by Crippen LogP contribution is -2.58. The number of nitrogens with one attached hydrogen (secondary N) is 1. The number of amides is 1. The number of nitrogens with zero attached hydrogens (tertiary/aromatic N) is 1. The molecule has 0 spiro atoms. The molecule has 0 aromatic carbocycles. The predicted molar refractivity (Wildman–Crippen MR) is 55.5 cm³/mol. The zero-order chi connectivity index (χ0) is 11.5. The average molecular weight is 214 g/mol. The average Bonchev–Trinajstić information content (AvgIpc) is 2.18. The van der Waals surface area contributed by atoms with Gasteiger partial charge in [-0.25, -0.2) is 4.79 Å². The summed E-state index contributed by atoms with van der Waals surface area (Å²) in [5.41, 5.74) is -1.05. The van der Waals surface area contributed by atoms with Gasteiger partial charge in [0, 0.05) is 19.1 Å². The minimum absolute atomic E-state index is 0.424. The molecule has 1 saturated heterocycles. The van der Waals surface area contributed by atoms with E-state index in [-0.39, 0.29) is 0 Å². The fourth-order valence-corrected chi connectivity index (χ4v) is 1.95. The fourth-order valence-electron chi connectivity index (χ4n) is 1.95. The molecule has 0 aromatic heterocycles. The molecule has 1 aliphatic heterocycles. The lowest BCUT2D eigenvalue weighted by molar-refractivity contribution is -0.148. The normalized spacial score (nSPS) is 21.3. The van der Waals surface area contributed by atoms with Crippen molar-refractivity contribution in [3.8, 4) is 0 Å². The molecule has 0 bridgehead atoms. The topological polar surface area (TPSA) is 69.6 Å². The van der Waals surface area contributed by atoms with Gasteiger partial charge >= 0.3 is 5.97 Å². The van der Waals surface area contributed by atoms with Gasteiger partial charge in [0.25, 0.3) is 0 Å². The first-order valence-electron chi connectivity index (χ1n) is 5.20. The zero-order valence-electron chi connectivity index (χ0n) is 9.19. The number of aliphatic carboxylic acids is 1. The fraction of sp³-hybridized carbons (Fsp3) is 0.800. The van der Waals surface area contributed by atoms with Crippen molar-refractivity contribution in [2.24, 2.45) is 0 Å². The Balaban J connectivity index is 2.65.